The van der Waals surface area contributed by atoms with E-state index in [2.05, 4.69) is 26.1 Å². The average Bonchev–Trinajstić information content (AvgIpc) is 3.00. The van der Waals surface area contributed by atoms with Crippen molar-refractivity contribution in [3.63, 3.8) is 0 Å². The van der Waals surface area contributed by atoms with E-state index in [1.165, 1.54) is 4.68 Å². The molecular formula is C15H20BrF2N5O. The molecule has 0 radical (unpaired) electrons. The number of carbonyl (C=O) groups is 1. The molecule has 1 atom stereocenters. The number of likely N-dealkylation sites (N-methyl/N-ethyl adjacent to an activating group) is 1. The van der Waals surface area contributed by atoms with E-state index in [-0.39, 0.29) is 16.1 Å². The molecule has 2 aromatic heterocycles. The van der Waals surface area contributed by atoms with E-state index in [1.54, 1.807) is 36.7 Å². The van der Waals surface area contributed by atoms with Gasteiger partial charge in [0.2, 0.25) is 5.91 Å². The number of alkyl halides is 2. The second kappa shape index (κ2) is 7.00. The summed E-state index contributed by atoms with van der Waals surface area (Å²) in [5.41, 5.74) is 2.06. The molecule has 9 heteroatoms. The topological polar surface area (TPSA) is 56.0 Å². The Morgan fingerprint density at radius 2 is 2.00 bits per heavy atom. The Morgan fingerprint density at radius 3 is 2.46 bits per heavy atom. The lowest BCUT2D eigenvalue weighted by Gasteiger charge is -2.22. The standard InChI is InChI=1S/C15H20BrF2N5O/c1-8-11(6-19-22(8)5)7-21(4)15(24)10(3)23-9(2)12(16)13(20-23)14(17)18/h6,10,14H,7H2,1-5H3/t10-/m1/s1. The van der Waals surface area contributed by atoms with Crippen LogP contribution in [-0.4, -0.2) is 37.4 Å². The van der Waals surface area contributed by atoms with E-state index < -0.39 is 12.5 Å². The van der Waals surface area contributed by atoms with Gasteiger partial charge in [-0.1, -0.05) is 0 Å². The molecule has 0 aromatic carbocycles. The maximum atomic E-state index is 13.0. The molecule has 0 bridgehead atoms. The minimum absolute atomic E-state index is 0.211. The van der Waals surface area contributed by atoms with Crippen molar-refractivity contribution in [1.82, 2.24) is 24.5 Å². The summed E-state index contributed by atoms with van der Waals surface area (Å²) in [6, 6.07) is -0.684. The first-order chi connectivity index (χ1) is 11.1. The van der Waals surface area contributed by atoms with Gasteiger partial charge in [-0.3, -0.25) is 14.2 Å². The maximum Gasteiger partial charge on any atom is 0.283 e. The third-order valence-electron chi connectivity index (χ3n) is 4.15. The van der Waals surface area contributed by atoms with Gasteiger partial charge in [-0.15, -0.1) is 0 Å². The van der Waals surface area contributed by atoms with E-state index in [0.29, 0.717) is 12.2 Å². The summed E-state index contributed by atoms with van der Waals surface area (Å²) < 4.78 is 29.2. The van der Waals surface area contributed by atoms with E-state index >= 15 is 0 Å². The summed E-state index contributed by atoms with van der Waals surface area (Å²) in [5, 5.41) is 8.05. The van der Waals surface area contributed by atoms with Gasteiger partial charge in [0.05, 0.1) is 16.4 Å². The number of aromatic nitrogens is 4. The number of hydrogen-bond donors (Lipinski definition) is 0. The monoisotopic (exact) mass is 403 g/mol. The summed E-state index contributed by atoms with van der Waals surface area (Å²) >= 11 is 3.12. The highest BCUT2D eigenvalue weighted by Gasteiger charge is 2.27. The molecule has 0 spiro atoms. The minimum atomic E-state index is -2.70. The lowest BCUT2D eigenvalue weighted by molar-refractivity contribution is -0.133. The molecule has 0 fully saturated rings. The zero-order chi connectivity index (χ0) is 18.2. The Hall–Kier alpha value is -1.77. The molecule has 0 aliphatic heterocycles. The molecule has 0 N–H and O–H groups in total. The van der Waals surface area contributed by atoms with Crippen LogP contribution in [0.15, 0.2) is 10.7 Å². The third kappa shape index (κ3) is 3.35. The molecule has 2 aromatic rings. The molecule has 132 valence electrons. The van der Waals surface area contributed by atoms with Crippen molar-refractivity contribution in [3.8, 4) is 0 Å². The summed E-state index contributed by atoms with van der Waals surface area (Å²) in [5.74, 6) is -0.211. The Kier molecular flexibility index (Phi) is 5.42. The van der Waals surface area contributed by atoms with Gasteiger partial charge in [0.25, 0.3) is 6.43 Å². The summed E-state index contributed by atoms with van der Waals surface area (Å²) in [6.45, 7) is 5.62. The number of carbonyl (C=O) groups excluding carboxylic acids is 1. The fourth-order valence-corrected chi connectivity index (χ4v) is 2.93. The Balaban J connectivity index is 2.20. The van der Waals surface area contributed by atoms with Crippen molar-refractivity contribution >= 4 is 21.8 Å². The SMILES string of the molecule is Cc1c(CN(C)C(=O)[C@@H](C)n2nc(C(F)F)c(Br)c2C)cnn1C. The van der Waals surface area contributed by atoms with Gasteiger partial charge in [-0.05, 0) is 36.7 Å². The number of nitrogens with zero attached hydrogens (tertiary/aromatic N) is 5. The first-order valence-electron chi connectivity index (χ1n) is 7.40. The zero-order valence-electron chi connectivity index (χ0n) is 14.2. The maximum absolute atomic E-state index is 13.0. The first kappa shape index (κ1) is 18.6. The van der Waals surface area contributed by atoms with Crippen molar-refractivity contribution in [3.05, 3.63) is 33.3 Å². The van der Waals surface area contributed by atoms with E-state index in [1.807, 2.05) is 14.0 Å². The fraction of sp³-hybridized carbons (Fsp3) is 0.533. The second-order valence-electron chi connectivity index (χ2n) is 5.78. The molecule has 1 amide bonds. The van der Waals surface area contributed by atoms with Crippen LogP contribution < -0.4 is 0 Å². The van der Waals surface area contributed by atoms with E-state index in [0.717, 1.165) is 11.3 Å². The molecule has 2 heterocycles. The quantitative estimate of drug-likeness (QED) is 0.770. The van der Waals surface area contributed by atoms with Crippen molar-refractivity contribution < 1.29 is 13.6 Å². The smallest absolute Gasteiger partial charge is 0.283 e. The van der Waals surface area contributed by atoms with Gasteiger partial charge in [0.15, 0.2) is 0 Å². The fourth-order valence-electron chi connectivity index (χ4n) is 2.49. The summed E-state index contributed by atoms with van der Waals surface area (Å²) in [6.07, 6.45) is -0.980. The highest BCUT2D eigenvalue weighted by atomic mass is 79.9. The van der Waals surface area contributed by atoms with Gasteiger partial charge >= 0.3 is 0 Å². The highest BCUT2D eigenvalue weighted by molar-refractivity contribution is 9.10. The third-order valence-corrected chi connectivity index (χ3v) is 5.13. The molecule has 0 aliphatic rings. The predicted molar refractivity (Wildman–Crippen MR) is 88.8 cm³/mol. The summed E-state index contributed by atoms with van der Waals surface area (Å²) in [7, 11) is 3.51. The number of aryl methyl sites for hydroxylation is 1. The van der Waals surface area contributed by atoms with Crippen LogP contribution in [0.1, 0.15) is 42.0 Å². The number of amides is 1. The van der Waals surface area contributed by atoms with Crippen molar-refractivity contribution in [1.29, 1.82) is 0 Å². The van der Waals surface area contributed by atoms with Crippen molar-refractivity contribution in [2.75, 3.05) is 7.05 Å². The van der Waals surface area contributed by atoms with Gasteiger partial charge in [-0.2, -0.15) is 10.2 Å². The van der Waals surface area contributed by atoms with Gasteiger partial charge in [-0.25, -0.2) is 8.78 Å². The predicted octanol–water partition coefficient (Wildman–Crippen LogP) is 3.15. The largest absolute Gasteiger partial charge is 0.339 e. The van der Waals surface area contributed by atoms with E-state index in [9.17, 15) is 13.6 Å². The van der Waals surface area contributed by atoms with E-state index in [4.69, 9.17) is 0 Å². The molecule has 6 nitrogen and oxygen atoms in total. The molecule has 0 saturated heterocycles. The van der Waals surface area contributed by atoms with Crippen LogP contribution in [-0.2, 0) is 18.4 Å². The molecule has 24 heavy (non-hydrogen) atoms. The minimum Gasteiger partial charge on any atom is -0.339 e. The van der Waals surface area contributed by atoms with Crippen LogP contribution >= 0.6 is 15.9 Å². The number of hydrogen-bond acceptors (Lipinski definition) is 3. The Morgan fingerprint density at radius 1 is 1.38 bits per heavy atom. The first-order valence-corrected chi connectivity index (χ1v) is 8.19. The summed E-state index contributed by atoms with van der Waals surface area (Å²) in [4.78, 5) is 14.2. The second-order valence-corrected chi connectivity index (χ2v) is 6.57. The van der Waals surface area contributed by atoms with Crippen LogP contribution in [0.2, 0.25) is 0 Å². The van der Waals surface area contributed by atoms with Crippen LogP contribution in [0.4, 0.5) is 8.78 Å². The molecule has 0 aliphatic carbocycles. The van der Waals surface area contributed by atoms with Crippen molar-refractivity contribution in [2.24, 2.45) is 7.05 Å². The van der Waals surface area contributed by atoms with Crippen LogP contribution in [0.3, 0.4) is 0 Å². The highest BCUT2D eigenvalue weighted by Crippen LogP contribution is 2.30. The van der Waals surface area contributed by atoms with Gasteiger partial charge < -0.3 is 4.90 Å². The van der Waals surface area contributed by atoms with Crippen molar-refractivity contribution in [2.45, 2.75) is 39.8 Å². The van der Waals surface area contributed by atoms with Crippen LogP contribution in [0, 0.1) is 13.8 Å². The van der Waals surface area contributed by atoms with Crippen LogP contribution in [0.25, 0.3) is 0 Å². The molecule has 0 saturated carbocycles. The molecule has 0 unspecified atom stereocenters. The normalized spacial score (nSPS) is 12.7. The molecule has 2 rings (SSSR count). The zero-order valence-corrected chi connectivity index (χ0v) is 15.8. The lowest BCUT2D eigenvalue weighted by atomic mass is 10.2. The van der Waals surface area contributed by atoms with Gasteiger partial charge in [0.1, 0.15) is 11.7 Å². The van der Waals surface area contributed by atoms with Crippen LogP contribution in [0.5, 0.6) is 0 Å². The average molecular weight is 404 g/mol. The Bertz CT molecular complexity index is 755. The van der Waals surface area contributed by atoms with Gasteiger partial charge in [0, 0.05) is 31.9 Å². The Labute approximate surface area is 147 Å². The molecular weight excluding hydrogens is 384 g/mol. The number of halogens is 3. The lowest BCUT2D eigenvalue weighted by Crippen LogP contribution is -2.33. The number of rotatable bonds is 5.